The summed E-state index contributed by atoms with van der Waals surface area (Å²) in [6.07, 6.45) is 0.568. The fourth-order valence-electron chi connectivity index (χ4n) is 0.663. The predicted molar refractivity (Wildman–Crippen MR) is 36.7 cm³/mol. The number of hydrogen-bond acceptors (Lipinski definition) is 4. The van der Waals surface area contributed by atoms with Gasteiger partial charge in [0.25, 0.3) is 0 Å². The maximum Gasteiger partial charge on any atom is 0.0608 e. The minimum Gasteiger partial charge on any atom is -0.395 e. The van der Waals surface area contributed by atoms with Crippen LogP contribution in [0, 0.1) is 0 Å². The molecule has 4 N–H and O–H groups in total. The Labute approximate surface area is 60.5 Å². The molecular weight excluding hydrogens is 134 g/mol. The van der Waals surface area contributed by atoms with Gasteiger partial charge >= 0.3 is 0 Å². The summed E-state index contributed by atoms with van der Waals surface area (Å²) in [5.74, 6) is 0. The van der Waals surface area contributed by atoms with Crippen molar-refractivity contribution in [1.82, 2.24) is 5.48 Å². The summed E-state index contributed by atoms with van der Waals surface area (Å²) in [6, 6.07) is -0.407. The number of hydrogen-bond donors (Lipinski definition) is 4. The molecule has 0 rings (SSSR count). The van der Waals surface area contributed by atoms with Crippen LogP contribution in [-0.2, 0) is 0 Å². The van der Waals surface area contributed by atoms with Crippen molar-refractivity contribution < 1.29 is 15.4 Å². The second kappa shape index (κ2) is 5.61. The van der Waals surface area contributed by atoms with Gasteiger partial charge in [0.15, 0.2) is 0 Å². The van der Waals surface area contributed by atoms with Crippen LogP contribution in [0.2, 0.25) is 0 Å². The average molecular weight is 149 g/mol. The van der Waals surface area contributed by atoms with E-state index in [2.05, 4.69) is 0 Å². The third-order valence-electron chi connectivity index (χ3n) is 1.43. The predicted octanol–water partition coefficient (Wildman–Crippen LogP) is -0.513. The molecule has 0 spiro atoms. The molecule has 0 bridgehead atoms. The first-order valence-electron chi connectivity index (χ1n) is 3.43. The van der Waals surface area contributed by atoms with Crippen LogP contribution in [0.3, 0.4) is 0 Å². The van der Waals surface area contributed by atoms with Crippen LogP contribution in [0.1, 0.15) is 19.8 Å². The van der Waals surface area contributed by atoms with E-state index in [1.165, 1.54) is 0 Å². The molecule has 0 saturated carbocycles. The summed E-state index contributed by atoms with van der Waals surface area (Å²) in [6.45, 7) is 1.68. The fraction of sp³-hybridized carbons (Fsp3) is 1.00. The Morgan fingerprint density at radius 1 is 1.50 bits per heavy atom. The zero-order valence-electron chi connectivity index (χ0n) is 6.12. The standard InChI is InChI=1S/C6H15NO3/c1-2-6(9)3-5(4-8)7-10/h5-10H,2-4H2,1H3. The number of rotatable bonds is 5. The lowest BCUT2D eigenvalue weighted by atomic mass is 10.1. The van der Waals surface area contributed by atoms with Crippen LogP contribution in [-0.4, -0.2) is 34.2 Å². The van der Waals surface area contributed by atoms with E-state index < -0.39 is 12.1 Å². The molecule has 2 unspecified atom stereocenters. The topological polar surface area (TPSA) is 72.7 Å². The Kier molecular flexibility index (Phi) is 5.52. The Bertz CT molecular complexity index is 75.4. The highest BCUT2D eigenvalue weighted by Crippen LogP contribution is 2.00. The van der Waals surface area contributed by atoms with Crippen molar-refractivity contribution in [3.05, 3.63) is 0 Å². The highest BCUT2D eigenvalue weighted by Gasteiger charge is 2.10. The monoisotopic (exact) mass is 149 g/mol. The minimum absolute atomic E-state index is 0.159. The molecule has 0 saturated heterocycles. The minimum atomic E-state index is -0.447. The van der Waals surface area contributed by atoms with Gasteiger partial charge in [0.2, 0.25) is 0 Å². The van der Waals surface area contributed by atoms with E-state index >= 15 is 0 Å². The molecule has 0 heterocycles. The van der Waals surface area contributed by atoms with Gasteiger partial charge in [-0.05, 0) is 12.8 Å². The van der Waals surface area contributed by atoms with Gasteiger partial charge in [-0.1, -0.05) is 6.92 Å². The summed E-state index contributed by atoms with van der Waals surface area (Å²) in [5, 5.41) is 25.9. The Morgan fingerprint density at radius 3 is 2.40 bits per heavy atom. The van der Waals surface area contributed by atoms with Gasteiger partial charge in [-0.2, -0.15) is 0 Å². The van der Waals surface area contributed by atoms with Gasteiger partial charge in [-0.3, -0.25) is 0 Å². The number of aliphatic hydroxyl groups is 2. The van der Waals surface area contributed by atoms with Gasteiger partial charge in [0, 0.05) is 0 Å². The smallest absolute Gasteiger partial charge is 0.0608 e. The zero-order chi connectivity index (χ0) is 7.98. The van der Waals surface area contributed by atoms with Crippen molar-refractivity contribution in [2.24, 2.45) is 0 Å². The summed E-state index contributed by atoms with van der Waals surface area (Å²) in [5.41, 5.74) is 1.91. The molecule has 0 aliphatic heterocycles. The fourth-order valence-corrected chi connectivity index (χ4v) is 0.663. The Morgan fingerprint density at radius 2 is 2.10 bits per heavy atom. The molecule has 62 valence electrons. The molecule has 0 amide bonds. The van der Waals surface area contributed by atoms with Gasteiger partial charge in [-0.25, -0.2) is 5.48 Å². The van der Waals surface area contributed by atoms with E-state index in [9.17, 15) is 0 Å². The normalized spacial score (nSPS) is 16.8. The number of aliphatic hydroxyl groups excluding tert-OH is 2. The highest BCUT2D eigenvalue weighted by atomic mass is 16.5. The zero-order valence-corrected chi connectivity index (χ0v) is 6.12. The van der Waals surface area contributed by atoms with Crippen LogP contribution >= 0.6 is 0 Å². The molecule has 0 aliphatic rings. The maximum atomic E-state index is 9.03. The maximum absolute atomic E-state index is 9.03. The first-order valence-corrected chi connectivity index (χ1v) is 3.43. The second-order valence-electron chi connectivity index (χ2n) is 2.31. The lowest BCUT2D eigenvalue weighted by Crippen LogP contribution is -2.33. The molecular formula is C6H15NO3. The van der Waals surface area contributed by atoms with Crippen molar-refractivity contribution in [1.29, 1.82) is 0 Å². The molecule has 0 radical (unpaired) electrons. The van der Waals surface area contributed by atoms with E-state index in [-0.39, 0.29) is 6.61 Å². The van der Waals surface area contributed by atoms with Crippen LogP contribution in [0.15, 0.2) is 0 Å². The largest absolute Gasteiger partial charge is 0.395 e. The Balaban J connectivity index is 3.41. The summed E-state index contributed by atoms with van der Waals surface area (Å²) in [4.78, 5) is 0. The van der Waals surface area contributed by atoms with Crippen molar-refractivity contribution in [2.75, 3.05) is 6.61 Å². The van der Waals surface area contributed by atoms with E-state index in [0.717, 1.165) is 0 Å². The Hall–Kier alpha value is -0.160. The number of hydroxylamine groups is 1. The first kappa shape index (κ1) is 9.84. The molecule has 2 atom stereocenters. The van der Waals surface area contributed by atoms with Crippen molar-refractivity contribution >= 4 is 0 Å². The molecule has 0 aliphatic carbocycles. The molecule has 4 nitrogen and oxygen atoms in total. The van der Waals surface area contributed by atoms with Crippen LogP contribution in [0.5, 0.6) is 0 Å². The van der Waals surface area contributed by atoms with Crippen LogP contribution in [0.4, 0.5) is 0 Å². The first-order chi connectivity index (χ1) is 4.74. The van der Waals surface area contributed by atoms with Gasteiger partial charge in [0.05, 0.1) is 18.8 Å². The van der Waals surface area contributed by atoms with E-state index in [1.54, 1.807) is 0 Å². The van der Waals surface area contributed by atoms with Gasteiger partial charge < -0.3 is 15.4 Å². The highest BCUT2D eigenvalue weighted by molar-refractivity contribution is 4.65. The summed E-state index contributed by atoms with van der Waals surface area (Å²) in [7, 11) is 0. The van der Waals surface area contributed by atoms with E-state index in [0.29, 0.717) is 12.8 Å². The lowest BCUT2D eigenvalue weighted by molar-refractivity contribution is 0.0532. The van der Waals surface area contributed by atoms with Crippen LogP contribution < -0.4 is 5.48 Å². The quantitative estimate of drug-likeness (QED) is 0.397. The molecule has 0 fully saturated rings. The third kappa shape index (κ3) is 3.79. The van der Waals surface area contributed by atoms with Gasteiger partial charge in [0.1, 0.15) is 0 Å². The lowest BCUT2D eigenvalue weighted by Gasteiger charge is -2.14. The number of nitrogens with one attached hydrogen (secondary N) is 1. The summed E-state index contributed by atoms with van der Waals surface area (Å²) < 4.78 is 0. The second-order valence-corrected chi connectivity index (χ2v) is 2.31. The van der Waals surface area contributed by atoms with E-state index in [1.807, 2.05) is 12.4 Å². The molecule has 4 heteroatoms. The van der Waals surface area contributed by atoms with Crippen molar-refractivity contribution in [2.45, 2.75) is 31.9 Å². The van der Waals surface area contributed by atoms with Crippen LogP contribution in [0.25, 0.3) is 0 Å². The molecule has 10 heavy (non-hydrogen) atoms. The SMILES string of the molecule is CCC(O)CC(CO)NO. The van der Waals surface area contributed by atoms with Crippen molar-refractivity contribution in [3.8, 4) is 0 Å². The molecule has 0 aromatic rings. The average Bonchev–Trinajstić information content (AvgIpc) is 1.99. The molecule has 0 aromatic heterocycles. The summed E-state index contributed by atoms with van der Waals surface area (Å²) >= 11 is 0. The molecule has 0 aromatic carbocycles. The van der Waals surface area contributed by atoms with Gasteiger partial charge in [-0.15, -0.1) is 0 Å². The third-order valence-corrected chi connectivity index (χ3v) is 1.43. The van der Waals surface area contributed by atoms with Crippen molar-refractivity contribution in [3.63, 3.8) is 0 Å². The van der Waals surface area contributed by atoms with E-state index in [4.69, 9.17) is 15.4 Å².